The first kappa shape index (κ1) is 15.7. The van der Waals surface area contributed by atoms with Gasteiger partial charge in [0.25, 0.3) is 0 Å². The van der Waals surface area contributed by atoms with Crippen LogP contribution in [0.15, 0.2) is 30.3 Å². The largest absolute Gasteiger partial charge is 0.478 e. The lowest BCUT2D eigenvalue weighted by Gasteiger charge is -2.37. The Balaban J connectivity index is 1.92. The minimum Gasteiger partial charge on any atom is -0.478 e. The Morgan fingerprint density at radius 2 is 2.00 bits per heavy atom. The van der Waals surface area contributed by atoms with E-state index in [1.165, 1.54) is 11.6 Å². The van der Waals surface area contributed by atoms with Gasteiger partial charge < -0.3 is 5.11 Å². The second-order valence-corrected chi connectivity index (χ2v) is 5.82. The Hall–Kier alpha value is -1.65. The van der Waals surface area contributed by atoms with Crippen LogP contribution in [-0.2, 0) is 11.3 Å². The van der Waals surface area contributed by atoms with Crippen LogP contribution in [0.5, 0.6) is 0 Å². The summed E-state index contributed by atoms with van der Waals surface area (Å²) in [5, 5.41) is 8.68. The van der Waals surface area contributed by atoms with Crippen molar-refractivity contribution in [1.82, 2.24) is 9.80 Å². The van der Waals surface area contributed by atoms with Crippen molar-refractivity contribution in [3.05, 3.63) is 41.5 Å². The van der Waals surface area contributed by atoms with Crippen LogP contribution in [0, 0.1) is 0 Å². The molecule has 0 radical (unpaired) electrons. The van der Waals surface area contributed by atoms with E-state index >= 15 is 0 Å². The fraction of sp³-hybridized carbons (Fsp3) is 0.471. The van der Waals surface area contributed by atoms with Crippen LogP contribution in [0.3, 0.4) is 0 Å². The van der Waals surface area contributed by atoms with Crippen LogP contribution < -0.4 is 0 Å². The third-order valence-corrected chi connectivity index (χ3v) is 3.91. The van der Waals surface area contributed by atoms with Crippen molar-refractivity contribution >= 4 is 12.0 Å². The number of hydrogen-bond acceptors (Lipinski definition) is 3. The average molecular weight is 288 g/mol. The Labute approximate surface area is 126 Å². The molecule has 1 heterocycles. The second kappa shape index (κ2) is 7.38. The lowest BCUT2D eigenvalue weighted by atomic mass is 10.1. The van der Waals surface area contributed by atoms with Gasteiger partial charge in [0.15, 0.2) is 0 Å². The first-order valence-electron chi connectivity index (χ1n) is 7.51. The summed E-state index contributed by atoms with van der Waals surface area (Å²) < 4.78 is 0. The zero-order valence-corrected chi connectivity index (χ0v) is 12.8. The van der Waals surface area contributed by atoms with E-state index in [2.05, 4.69) is 35.8 Å². The third kappa shape index (κ3) is 4.99. The Bertz CT molecular complexity index is 503. The predicted molar refractivity (Wildman–Crippen MR) is 85.1 cm³/mol. The molecule has 1 aromatic carbocycles. The minimum atomic E-state index is -0.912. The lowest BCUT2D eigenvalue weighted by Crippen LogP contribution is -2.48. The quantitative estimate of drug-likeness (QED) is 0.845. The van der Waals surface area contributed by atoms with Crippen LogP contribution in [-0.4, -0.2) is 53.1 Å². The molecular formula is C17H24N2O2. The van der Waals surface area contributed by atoms with Crippen LogP contribution in [0.25, 0.3) is 6.08 Å². The summed E-state index contributed by atoms with van der Waals surface area (Å²) >= 11 is 0. The van der Waals surface area contributed by atoms with E-state index < -0.39 is 5.97 Å². The van der Waals surface area contributed by atoms with Crippen LogP contribution >= 0.6 is 0 Å². The first-order chi connectivity index (χ1) is 10.0. The summed E-state index contributed by atoms with van der Waals surface area (Å²) in [5.74, 6) is -0.912. The van der Waals surface area contributed by atoms with Gasteiger partial charge in [0.05, 0.1) is 0 Å². The zero-order chi connectivity index (χ0) is 15.2. The smallest absolute Gasteiger partial charge is 0.328 e. The van der Waals surface area contributed by atoms with Crippen molar-refractivity contribution in [3.8, 4) is 0 Å². The molecule has 0 saturated carbocycles. The molecule has 1 N–H and O–H groups in total. The van der Waals surface area contributed by atoms with E-state index in [-0.39, 0.29) is 0 Å². The average Bonchev–Trinajstić information content (AvgIpc) is 2.46. The summed E-state index contributed by atoms with van der Waals surface area (Å²) in [6, 6.07) is 8.71. The Kier molecular flexibility index (Phi) is 5.53. The van der Waals surface area contributed by atoms with Gasteiger partial charge in [-0.25, -0.2) is 4.79 Å². The normalized spacial score (nSPS) is 17.7. The summed E-state index contributed by atoms with van der Waals surface area (Å²) in [5.41, 5.74) is 2.18. The molecule has 0 aliphatic carbocycles. The maximum Gasteiger partial charge on any atom is 0.328 e. The molecule has 0 spiro atoms. The maximum atomic E-state index is 10.6. The number of carboxylic acids is 1. The van der Waals surface area contributed by atoms with E-state index in [9.17, 15) is 4.79 Å². The number of piperazine rings is 1. The molecule has 2 rings (SSSR count). The standard InChI is InChI=1S/C17H24N2O2/c1-14(2)19-10-8-18(9-11-19)13-16-5-3-4-15(12-16)6-7-17(20)21/h3-7,12,14H,8-11,13H2,1-2H3,(H,20,21). The predicted octanol–water partition coefficient (Wildman–Crippen LogP) is 2.31. The molecule has 0 unspecified atom stereocenters. The van der Waals surface area contributed by atoms with Gasteiger partial charge in [-0.2, -0.15) is 0 Å². The molecule has 0 atom stereocenters. The van der Waals surface area contributed by atoms with E-state index in [4.69, 9.17) is 5.11 Å². The van der Waals surface area contributed by atoms with Gasteiger partial charge >= 0.3 is 5.97 Å². The van der Waals surface area contributed by atoms with E-state index in [0.717, 1.165) is 38.3 Å². The van der Waals surface area contributed by atoms with Gasteiger partial charge in [-0.15, -0.1) is 0 Å². The van der Waals surface area contributed by atoms with E-state index in [0.29, 0.717) is 6.04 Å². The van der Waals surface area contributed by atoms with Gasteiger partial charge in [-0.3, -0.25) is 9.80 Å². The molecule has 0 bridgehead atoms. The highest BCUT2D eigenvalue weighted by molar-refractivity contribution is 5.85. The first-order valence-corrected chi connectivity index (χ1v) is 7.51. The fourth-order valence-corrected chi connectivity index (χ4v) is 2.66. The molecule has 1 aliphatic rings. The highest BCUT2D eigenvalue weighted by Crippen LogP contribution is 2.13. The summed E-state index contributed by atoms with van der Waals surface area (Å²) in [7, 11) is 0. The molecule has 21 heavy (non-hydrogen) atoms. The molecule has 1 saturated heterocycles. The molecule has 1 aliphatic heterocycles. The van der Waals surface area contributed by atoms with Crippen LogP contribution in [0.2, 0.25) is 0 Å². The van der Waals surface area contributed by atoms with Crippen molar-refractivity contribution in [3.63, 3.8) is 0 Å². The van der Waals surface area contributed by atoms with Crippen molar-refractivity contribution in [2.24, 2.45) is 0 Å². The van der Waals surface area contributed by atoms with Crippen molar-refractivity contribution in [2.45, 2.75) is 26.4 Å². The molecule has 4 nitrogen and oxygen atoms in total. The summed E-state index contributed by atoms with van der Waals surface area (Å²) in [4.78, 5) is 15.5. The monoisotopic (exact) mass is 288 g/mol. The minimum absolute atomic E-state index is 0.622. The van der Waals surface area contributed by atoms with Crippen molar-refractivity contribution in [2.75, 3.05) is 26.2 Å². The van der Waals surface area contributed by atoms with Crippen LogP contribution in [0.4, 0.5) is 0 Å². The summed E-state index contributed by atoms with van der Waals surface area (Å²) in [6.45, 7) is 9.84. The van der Waals surface area contributed by atoms with E-state index in [1.54, 1.807) is 6.08 Å². The number of rotatable bonds is 5. The lowest BCUT2D eigenvalue weighted by molar-refractivity contribution is -0.131. The van der Waals surface area contributed by atoms with E-state index in [1.807, 2.05) is 12.1 Å². The summed E-state index contributed by atoms with van der Waals surface area (Å²) in [6.07, 6.45) is 2.82. The number of hydrogen-bond donors (Lipinski definition) is 1. The van der Waals surface area contributed by atoms with Crippen LogP contribution in [0.1, 0.15) is 25.0 Å². The number of aliphatic carboxylic acids is 1. The molecular weight excluding hydrogens is 264 g/mol. The van der Waals surface area contributed by atoms with Crippen molar-refractivity contribution in [1.29, 1.82) is 0 Å². The molecule has 1 aromatic rings. The number of carboxylic acid groups (broad SMARTS) is 1. The fourth-order valence-electron chi connectivity index (χ4n) is 2.66. The Morgan fingerprint density at radius 3 is 2.62 bits per heavy atom. The molecule has 0 aromatic heterocycles. The third-order valence-electron chi connectivity index (χ3n) is 3.91. The van der Waals surface area contributed by atoms with Gasteiger partial charge in [-0.05, 0) is 31.1 Å². The van der Waals surface area contributed by atoms with Gasteiger partial charge in [-0.1, -0.05) is 24.3 Å². The highest BCUT2D eigenvalue weighted by atomic mass is 16.4. The van der Waals surface area contributed by atoms with Crippen molar-refractivity contribution < 1.29 is 9.90 Å². The van der Waals surface area contributed by atoms with Gasteiger partial charge in [0.1, 0.15) is 0 Å². The van der Waals surface area contributed by atoms with Gasteiger partial charge in [0, 0.05) is 44.8 Å². The number of carbonyl (C=O) groups is 1. The highest BCUT2D eigenvalue weighted by Gasteiger charge is 2.18. The number of benzene rings is 1. The topological polar surface area (TPSA) is 43.8 Å². The molecule has 0 amide bonds. The van der Waals surface area contributed by atoms with Gasteiger partial charge in [0.2, 0.25) is 0 Å². The maximum absolute atomic E-state index is 10.6. The molecule has 1 fully saturated rings. The molecule has 4 heteroatoms. The SMILES string of the molecule is CC(C)N1CCN(Cc2cccc(C=CC(=O)O)c2)CC1. The molecule has 114 valence electrons. The number of nitrogens with zero attached hydrogens (tertiary/aromatic N) is 2. The second-order valence-electron chi connectivity index (χ2n) is 5.82. The Morgan fingerprint density at radius 1 is 1.29 bits per heavy atom. The zero-order valence-electron chi connectivity index (χ0n) is 12.8.